The van der Waals surface area contributed by atoms with Gasteiger partial charge >= 0.3 is 0 Å². The lowest BCUT2D eigenvalue weighted by Crippen LogP contribution is -1.93. The van der Waals surface area contributed by atoms with Crippen molar-refractivity contribution < 1.29 is 0 Å². The first-order chi connectivity index (χ1) is 8.24. The van der Waals surface area contributed by atoms with Crippen molar-refractivity contribution in [2.24, 2.45) is 0 Å². The Balaban J connectivity index is 2.23. The topological polar surface area (TPSA) is 4.93 Å². The van der Waals surface area contributed by atoms with E-state index in [0.717, 1.165) is 0 Å². The van der Waals surface area contributed by atoms with E-state index in [1.54, 1.807) is 0 Å². The molecule has 1 aromatic heterocycles. The van der Waals surface area contributed by atoms with E-state index in [-0.39, 0.29) is 0 Å². The quantitative estimate of drug-likeness (QED) is 0.579. The van der Waals surface area contributed by atoms with Gasteiger partial charge in [0.05, 0.1) is 0 Å². The van der Waals surface area contributed by atoms with Crippen LogP contribution in [0, 0.1) is 13.8 Å². The fourth-order valence-electron chi connectivity index (χ4n) is 2.22. The van der Waals surface area contributed by atoms with Crippen LogP contribution in [0.3, 0.4) is 0 Å². The summed E-state index contributed by atoms with van der Waals surface area (Å²) in [6.07, 6.45) is 4.38. The molecule has 84 valence electrons. The van der Waals surface area contributed by atoms with Crippen LogP contribution < -0.4 is 0 Å². The van der Waals surface area contributed by atoms with Gasteiger partial charge in [-0.25, -0.2) is 0 Å². The lowest BCUT2D eigenvalue weighted by Gasteiger charge is -2.07. The lowest BCUT2D eigenvalue weighted by molar-refractivity contribution is 1.06. The van der Waals surface area contributed by atoms with Crippen LogP contribution in [-0.2, 0) is 0 Å². The highest BCUT2D eigenvalue weighted by Crippen LogP contribution is 2.21. The molecule has 0 saturated carbocycles. The minimum absolute atomic E-state index is 1.27. The van der Waals surface area contributed by atoms with E-state index >= 15 is 0 Å². The van der Waals surface area contributed by atoms with Crippen molar-refractivity contribution in [1.82, 2.24) is 4.57 Å². The SMILES string of the molecule is Cc1ccc(C)c(-n2cc3ccccc3c2)c1. The summed E-state index contributed by atoms with van der Waals surface area (Å²) in [5.41, 5.74) is 3.86. The van der Waals surface area contributed by atoms with Crippen molar-refractivity contribution in [3.63, 3.8) is 0 Å². The smallest absolute Gasteiger partial charge is 0.0481 e. The fraction of sp³-hybridized carbons (Fsp3) is 0.125. The number of nitrogens with zero attached hydrogens (tertiary/aromatic N) is 1. The third kappa shape index (κ3) is 1.74. The Morgan fingerprint density at radius 1 is 0.824 bits per heavy atom. The molecular weight excluding hydrogens is 206 g/mol. The molecule has 0 radical (unpaired) electrons. The van der Waals surface area contributed by atoms with Gasteiger partial charge in [-0.2, -0.15) is 0 Å². The predicted octanol–water partition coefficient (Wildman–Crippen LogP) is 4.25. The van der Waals surface area contributed by atoms with Gasteiger partial charge in [0, 0.05) is 18.1 Å². The molecule has 0 bridgehead atoms. The van der Waals surface area contributed by atoms with Crippen molar-refractivity contribution in [3.8, 4) is 5.69 Å². The highest BCUT2D eigenvalue weighted by Gasteiger charge is 2.03. The van der Waals surface area contributed by atoms with Gasteiger partial charge in [0.15, 0.2) is 0 Å². The summed E-state index contributed by atoms with van der Waals surface area (Å²) in [5.74, 6) is 0. The monoisotopic (exact) mass is 221 g/mol. The maximum atomic E-state index is 2.23. The van der Waals surface area contributed by atoms with Gasteiger partial charge < -0.3 is 4.57 Å². The average Bonchev–Trinajstić information content (AvgIpc) is 2.75. The number of rotatable bonds is 1. The number of aromatic nitrogens is 1. The zero-order chi connectivity index (χ0) is 11.8. The summed E-state index contributed by atoms with van der Waals surface area (Å²) < 4.78 is 2.22. The first-order valence-electron chi connectivity index (χ1n) is 5.88. The molecule has 0 aliphatic carbocycles. The summed E-state index contributed by atoms with van der Waals surface area (Å²) >= 11 is 0. The molecule has 3 aromatic rings. The third-order valence-electron chi connectivity index (χ3n) is 3.20. The highest BCUT2D eigenvalue weighted by molar-refractivity contribution is 5.83. The van der Waals surface area contributed by atoms with Crippen LogP contribution in [0.2, 0.25) is 0 Å². The molecule has 2 aromatic carbocycles. The summed E-state index contributed by atoms with van der Waals surface area (Å²) in [6.45, 7) is 4.28. The largest absolute Gasteiger partial charge is 0.322 e. The molecule has 0 atom stereocenters. The van der Waals surface area contributed by atoms with E-state index in [0.29, 0.717) is 0 Å². The molecule has 0 unspecified atom stereocenters. The summed E-state index contributed by atoms with van der Waals surface area (Å²) in [7, 11) is 0. The number of benzene rings is 2. The van der Waals surface area contributed by atoms with Gasteiger partial charge in [-0.05, 0) is 41.8 Å². The standard InChI is InChI=1S/C16H15N/c1-12-7-8-13(2)16(9-12)17-10-14-5-3-4-6-15(14)11-17/h3-11H,1-2H3. The van der Waals surface area contributed by atoms with Crippen molar-refractivity contribution in [2.45, 2.75) is 13.8 Å². The van der Waals surface area contributed by atoms with Crippen LogP contribution in [-0.4, -0.2) is 4.57 Å². The Bertz CT molecular complexity index is 644. The molecule has 0 spiro atoms. The molecule has 0 amide bonds. The third-order valence-corrected chi connectivity index (χ3v) is 3.20. The zero-order valence-corrected chi connectivity index (χ0v) is 10.1. The van der Waals surface area contributed by atoms with E-state index < -0.39 is 0 Å². The maximum absolute atomic E-state index is 2.23. The first-order valence-corrected chi connectivity index (χ1v) is 5.88. The normalized spacial score (nSPS) is 10.9. The number of hydrogen-bond acceptors (Lipinski definition) is 0. The Morgan fingerprint density at radius 3 is 2.12 bits per heavy atom. The van der Waals surface area contributed by atoms with E-state index in [1.807, 2.05) is 0 Å². The molecule has 17 heavy (non-hydrogen) atoms. The van der Waals surface area contributed by atoms with E-state index in [4.69, 9.17) is 0 Å². The van der Waals surface area contributed by atoms with Gasteiger partial charge in [-0.15, -0.1) is 0 Å². The minimum Gasteiger partial charge on any atom is -0.322 e. The molecule has 0 fully saturated rings. The molecular formula is C16H15N. The Hall–Kier alpha value is -2.02. The lowest BCUT2D eigenvalue weighted by atomic mass is 10.1. The number of aryl methyl sites for hydroxylation is 2. The van der Waals surface area contributed by atoms with Crippen molar-refractivity contribution in [3.05, 3.63) is 66.0 Å². The van der Waals surface area contributed by atoms with Gasteiger partial charge in [0.2, 0.25) is 0 Å². The van der Waals surface area contributed by atoms with Crippen molar-refractivity contribution >= 4 is 10.8 Å². The van der Waals surface area contributed by atoms with Gasteiger partial charge in [0.25, 0.3) is 0 Å². The molecule has 3 rings (SSSR count). The maximum Gasteiger partial charge on any atom is 0.0481 e. The fourth-order valence-corrected chi connectivity index (χ4v) is 2.22. The Kier molecular flexibility index (Phi) is 2.25. The summed E-state index contributed by atoms with van der Waals surface area (Å²) in [6, 6.07) is 15.0. The van der Waals surface area contributed by atoms with Crippen LogP contribution in [0.25, 0.3) is 16.5 Å². The molecule has 1 nitrogen and oxygen atoms in total. The van der Waals surface area contributed by atoms with Crippen LogP contribution in [0.5, 0.6) is 0 Å². The average molecular weight is 221 g/mol. The van der Waals surface area contributed by atoms with E-state index in [1.165, 1.54) is 27.6 Å². The number of fused-ring (bicyclic) bond motifs is 1. The second kappa shape index (κ2) is 3.77. The summed E-state index contributed by atoms with van der Waals surface area (Å²) in [4.78, 5) is 0. The zero-order valence-electron chi connectivity index (χ0n) is 10.1. The highest BCUT2D eigenvalue weighted by atomic mass is 14.9. The molecule has 1 heteroatoms. The van der Waals surface area contributed by atoms with E-state index in [9.17, 15) is 0 Å². The van der Waals surface area contributed by atoms with Crippen molar-refractivity contribution in [2.75, 3.05) is 0 Å². The van der Waals surface area contributed by atoms with Crippen molar-refractivity contribution in [1.29, 1.82) is 0 Å². The Labute approximate surface area is 101 Å². The summed E-state index contributed by atoms with van der Waals surface area (Å²) in [5, 5.41) is 2.57. The molecule has 0 N–H and O–H groups in total. The van der Waals surface area contributed by atoms with Crippen LogP contribution in [0.1, 0.15) is 11.1 Å². The van der Waals surface area contributed by atoms with Gasteiger partial charge in [-0.1, -0.05) is 36.4 Å². The molecule has 0 aliphatic heterocycles. The Morgan fingerprint density at radius 2 is 1.47 bits per heavy atom. The molecule has 0 aliphatic rings. The first kappa shape index (κ1) is 10.2. The second-order valence-corrected chi connectivity index (χ2v) is 4.58. The van der Waals surface area contributed by atoms with Crippen LogP contribution in [0.15, 0.2) is 54.9 Å². The minimum atomic E-state index is 1.27. The molecule has 0 saturated heterocycles. The van der Waals surface area contributed by atoms with E-state index in [2.05, 4.69) is 73.3 Å². The molecule has 1 heterocycles. The van der Waals surface area contributed by atoms with Gasteiger partial charge in [0.1, 0.15) is 0 Å². The van der Waals surface area contributed by atoms with Crippen LogP contribution in [0.4, 0.5) is 0 Å². The van der Waals surface area contributed by atoms with Gasteiger partial charge in [-0.3, -0.25) is 0 Å². The van der Waals surface area contributed by atoms with Crippen LogP contribution >= 0.6 is 0 Å². The predicted molar refractivity (Wildman–Crippen MR) is 72.7 cm³/mol. The number of hydrogen-bond donors (Lipinski definition) is 0. The second-order valence-electron chi connectivity index (χ2n) is 4.58.